The largest absolute Gasteiger partial charge is 0.484 e. The van der Waals surface area contributed by atoms with Gasteiger partial charge < -0.3 is 15.4 Å². The molecule has 0 saturated heterocycles. The molecule has 0 aliphatic carbocycles. The van der Waals surface area contributed by atoms with E-state index in [2.05, 4.69) is 20.7 Å². The summed E-state index contributed by atoms with van der Waals surface area (Å²) in [6.45, 7) is 4.21. The highest BCUT2D eigenvalue weighted by molar-refractivity contribution is 5.77. The third-order valence-corrected chi connectivity index (χ3v) is 4.07. The molecule has 24 heavy (non-hydrogen) atoms. The van der Waals surface area contributed by atoms with Gasteiger partial charge in [0.1, 0.15) is 17.9 Å². The lowest BCUT2D eigenvalue weighted by molar-refractivity contribution is -0.122. The highest BCUT2D eigenvalue weighted by atomic mass is 16.5. The number of rotatable bonds is 7. The fraction of sp³-hybridized carbons (Fsp3) is 0.471. The van der Waals surface area contributed by atoms with Crippen LogP contribution in [0.1, 0.15) is 24.7 Å². The summed E-state index contributed by atoms with van der Waals surface area (Å²) in [5.74, 6) is 1.67. The Morgan fingerprint density at radius 2 is 2.21 bits per heavy atom. The first-order chi connectivity index (χ1) is 11.7. The van der Waals surface area contributed by atoms with Crippen LogP contribution in [0.15, 0.2) is 30.6 Å². The first-order valence-electron chi connectivity index (χ1n) is 8.33. The molecular weight excluding hydrogens is 306 g/mol. The van der Waals surface area contributed by atoms with E-state index in [0.29, 0.717) is 18.3 Å². The second-order valence-corrected chi connectivity index (χ2v) is 5.86. The van der Waals surface area contributed by atoms with Crippen molar-refractivity contribution in [3.8, 4) is 5.75 Å². The number of hydrogen-bond donors (Lipinski definition) is 2. The molecule has 1 amide bonds. The molecule has 0 radical (unpaired) electrons. The number of carbonyl (C=O) groups is 1. The molecule has 7 nitrogen and oxygen atoms in total. The zero-order valence-corrected chi connectivity index (χ0v) is 13.9. The number of nitrogens with zero attached hydrogens (tertiary/aromatic N) is 3. The van der Waals surface area contributed by atoms with Gasteiger partial charge in [0.25, 0.3) is 5.91 Å². The van der Waals surface area contributed by atoms with E-state index in [9.17, 15) is 4.79 Å². The van der Waals surface area contributed by atoms with Crippen LogP contribution >= 0.6 is 0 Å². The summed E-state index contributed by atoms with van der Waals surface area (Å²) in [4.78, 5) is 15.6. The van der Waals surface area contributed by atoms with E-state index in [0.717, 1.165) is 31.8 Å². The third-order valence-electron chi connectivity index (χ3n) is 4.07. The minimum absolute atomic E-state index is 0.0494. The molecule has 1 aromatic heterocycles. The predicted octanol–water partition coefficient (Wildman–Crippen LogP) is 0.898. The van der Waals surface area contributed by atoms with Crippen molar-refractivity contribution in [3.63, 3.8) is 0 Å². The van der Waals surface area contributed by atoms with Gasteiger partial charge in [-0.15, -0.1) is 0 Å². The van der Waals surface area contributed by atoms with Gasteiger partial charge in [-0.25, -0.2) is 9.67 Å². The number of hydrogen-bond acceptors (Lipinski definition) is 5. The van der Waals surface area contributed by atoms with Crippen molar-refractivity contribution < 1.29 is 9.53 Å². The number of likely N-dealkylation sites (N-methyl/N-ethyl adjacent to an activating group) is 1. The summed E-state index contributed by atoms with van der Waals surface area (Å²) in [5, 5.41) is 10.5. The molecular formula is C17H23N5O2. The molecule has 3 rings (SSSR count). The molecule has 1 aliphatic heterocycles. The fourth-order valence-corrected chi connectivity index (χ4v) is 2.77. The summed E-state index contributed by atoms with van der Waals surface area (Å²) in [6, 6.07) is 8.24. The maximum atomic E-state index is 11.4. The van der Waals surface area contributed by atoms with E-state index in [-0.39, 0.29) is 12.5 Å². The summed E-state index contributed by atoms with van der Waals surface area (Å²) in [5.41, 5.74) is 1.18. The summed E-state index contributed by atoms with van der Waals surface area (Å²) < 4.78 is 7.42. The van der Waals surface area contributed by atoms with Gasteiger partial charge in [0.2, 0.25) is 0 Å². The molecule has 0 saturated carbocycles. The van der Waals surface area contributed by atoms with Crippen LogP contribution in [-0.2, 0) is 24.3 Å². The van der Waals surface area contributed by atoms with Crippen molar-refractivity contribution in [1.82, 2.24) is 25.4 Å². The number of fused-ring (bicyclic) bond motifs is 1. The molecule has 1 aliphatic rings. The third kappa shape index (κ3) is 4.32. The topological polar surface area (TPSA) is 81.1 Å². The number of benzene rings is 1. The Morgan fingerprint density at radius 3 is 3.00 bits per heavy atom. The molecule has 2 N–H and O–H groups in total. The van der Waals surface area contributed by atoms with Gasteiger partial charge in [-0.05, 0) is 31.0 Å². The van der Waals surface area contributed by atoms with Crippen molar-refractivity contribution in [2.75, 3.05) is 13.2 Å². The van der Waals surface area contributed by atoms with Crippen LogP contribution in [0.2, 0.25) is 0 Å². The molecule has 128 valence electrons. The molecule has 0 unspecified atom stereocenters. The van der Waals surface area contributed by atoms with Crippen LogP contribution in [0.3, 0.4) is 0 Å². The van der Waals surface area contributed by atoms with E-state index in [4.69, 9.17) is 4.74 Å². The van der Waals surface area contributed by atoms with Crippen LogP contribution in [0.5, 0.6) is 5.75 Å². The number of aromatic nitrogens is 3. The lowest BCUT2D eigenvalue weighted by Gasteiger charge is -2.23. The number of ether oxygens (including phenoxy) is 1. The summed E-state index contributed by atoms with van der Waals surface area (Å²) in [7, 11) is 0. The Balaban J connectivity index is 1.44. The SMILES string of the molecule is CCNC(=O)COc1ccc(CN[C@H]2CCc3ncnn3C2)cc1. The van der Waals surface area contributed by atoms with Crippen molar-refractivity contribution in [2.45, 2.75) is 38.9 Å². The first kappa shape index (κ1) is 16.4. The van der Waals surface area contributed by atoms with E-state index >= 15 is 0 Å². The number of carbonyl (C=O) groups excluding carboxylic acids is 1. The molecule has 7 heteroatoms. The van der Waals surface area contributed by atoms with Crippen LogP contribution < -0.4 is 15.4 Å². The van der Waals surface area contributed by atoms with Crippen molar-refractivity contribution in [1.29, 1.82) is 0 Å². The van der Waals surface area contributed by atoms with Crippen LogP contribution in [0.4, 0.5) is 0 Å². The van der Waals surface area contributed by atoms with Gasteiger partial charge in [0.05, 0.1) is 6.54 Å². The van der Waals surface area contributed by atoms with Gasteiger partial charge >= 0.3 is 0 Å². The standard InChI is InChI=1S/C17H23N5O2/c1-2-18-17(23)11-24-15-6-3-13(4-7-15)9-19-14-5-8-16-20-12-21-22(16)10-14/h3-4,6-7,12,14,19H,2,5,8-11H2,1H3,(H,18,23)/t14-/m0/s1. The Bertz CT molecular complexity index is 668. The van der Waals surface area contributed by atoms with Gasteiger partial charge in [-0.2, -0.15) is 5.10 Å². The minimum Gasteiger partial charge on any atom is -0.484 e. The Hall–Kier alpha value is -2.41. The Morgan fingerprint density at radius 1 is 1.38 bits per heavy atom. The molecule has 1 aromatic carbocycles. The smallest absolute Gasteiger partial charge is 0.257 e. The first-order valence-corrected chi connectivity index (χ1v) is 8.33. The normalized spacial score (nSPS) is 16.5. The van der Waals surface area contributed by atoms with Gasteiger partial charge in [0.15, 0.2) is 6.61 Å². The Labute approximate surface area is 141 Å². The van der Waals surface area contributed by atoms with Crippen LogP contribution in [-0.4, -0.2) is 39.9 Å². The lowest BCUT2D eigenvalue weighted by atomic mass is 10.1. The number of aryl methyl sites for hydroxylation is 1. The lowest BCUT2D eigenvalue weighted by Crippen LogP contribution is -2.37. The predicted molar refractivity (Wildman–Crippen MR) is 89.6 cm³/mol. The van der Waals surface area contributed by atoms with E-state index in [1.165, 1.54) is 5.56 Å². The van der Waals surface area contributed by atoms with E-state index < -0.39 is 0 Å². The molecule has 2 heterocycles. The second kappa shape index (κ2) is 7.92. The highest BCUT2D eigenvalue weighted by Crippen LogP contribution is 2.14. The number of nitrogens with one attached hydrogen (secondary N) is 2. The molecule has 0 bridgehead atoms. The van der Waals surface area contributed by atoms with Crippen molar-refractivity contribution >= 4 is 5.91 Å². The monoisotopic (exact) mass is 329 g/mol. The van der Waals surface area contributed by atoms with Gasteiger partial charge in [0, 0.05) is 25.6 Å². The van der Waals surface area contributed by atoms with Crippen molar-refractivity contribution in [2.24, 2.45) is 0 Å². The average molecular weight is 329 g/mol. The minimum atomic E-state index is -0.104. The van der Waals surface area contributed by atoms with Gasteiger partial charge in [-0.1, -0.05) is 12.1 Å². The zero-order chi connectivity index (χ0) is 16.8. The van der Waals surface area contributed by atoms with Gasteiger partial charge in [-0.3, -0.25) is 4.79 Å². The summed E-state index contributed by atoms with van der Waals surface area (Å²) in [6.07, 6.45) is 3.66. The summed E-state index contributed by atoms with van der Waals surface area (Å²) >= 11 is 0. The maximum Gasteiger partial charge on any atom is 0.257 e. The second-order valence-electron chi connectivity index (χ2n) is 5.86. The molecule has 0 spiro atoms. The quantitative estimate of drug-likeness (QED) is 0.789. The Kier molecular flexibility index (Phi) is 5.43. The molecule has 0 fully saturated rings. The average Bonchev–Trinajstić information content (AvgIpc) is 3.07. The van der Waals surface area contributed by atoms with Crippen molar-refractivity contribution in [3.05, 3.63) is 42.0 Å². The highest BCUT2D eigenvalue weighted by Gasteiger charge is 2.18. The number of amides is 1. The van der Waals surface area contributed by atoms with Crippen LogP contribution in [0.25, 0.3) is 0 Å². The zero-order valence-electron chi connectivity index (χ0n) is 13.9. The molecule has 1 atom stereocenters. The van der Waals surface area contributed by atoms with E-state index in [1.807, 2.05) is 35.9 Å². The van der Waals surface area contributed by atoms with Crippen LogP contribution in [0, 0.1) is 0 Å². The fourth-order valence-electron chi connectivity index (χ4n) is 2.77. The maximum absolute atomic E-state index is 11.4. The van der Waals surface area contributed by atoms with E-state index in [1.54, 1.807) is 6.33 Å². The molecule has 2 aromatic rings.